The first-order valence-corrected chi connectivity index (χ1v) is 5.48. The Labute approximate surface area is 94.6 Å². The first-order chi connectivity index (χ1) is 7.25. The van der Waals surface area contributed by atoms with Crippen LogP contribution in [0.1, 0.15) is 19.3 Å². The number of ether oxygens (including phenoxy) is 1. The maximum absolute atomic E-state index is 11.4. The van der Waals surface area contributed by atoms with Crippen molar-refractivity contribution in [1.29, 1.82) is 0 Å². The van der Waals surface area contributed by atoms with Crippen LogP contribution in [0.5, 0.6) is 0 Å². The van der Waals surface area contributed by atoms with Crippen molar-refractivity contribution in [2.24, 2.45) is 0 Å². The van der Waals surface area contributed by atoms with E-state index in [1.165, 1.54) is 6.07 Å². The zero-order valence-corrected chi connectivity index (χ0v) is 9.67. The maximum Gasteiger partial charge on any atom is 0.251 e. The highest BCUT2D eigenvalue weighted by Crippen LogP contribution is 2.06. The first kappa shape index (κ1) is 12.3. The monoisotopic (exact) mass is 229 g/mol. The van der Waals surface area contributed by atoms with Gasteiger partial charge in [-0.15, -0.1) is 0 Å². The quantitative estimate of drug-likeness (QED) is 0.554. The summed E-state index contributed by atoms with van der Waals surface area (Å²) in [6, 6.07) is 4.94. The Morgan fingerprint density at radius 2 is 2.13 bits per heavy atom. The molecule has 0 aliphatic heterocycles. The highest BCUT2D eigenvalue weighted by Gasteiger charge is 1.99. The van der Waals surface area contributed by atoms with Crippen molar-refractivity contribution in [3.8, 4) is 0 Å². The molecule has 0 N–H and O–H groups in total. The molecule has 1 rings (SSSR count). The van der Waals surface area contributed by atoms with E-state index in [1.807, 2.05) is 0 Å². The average molecular weight is 230 g/mol. The predicted octanol–water partition coefficient (Wildman–Crippen LogP) is 2.32. The van der Waals surface area contributed by atoms with Crippen molar-refractivity contribution in [1.82, 2.24) is 4.57 Å². The van der Waals surface area contributed by atoms with Crippen LogP contribution >= 0.6 is 11.6 Å². The number of hydrogen-bond acceptors (Lipinski definition) is 2. The van der Waals surface area contributed by atoms with Crippen LogP contribution in [0.15, 0.2) is 23.0 Å². The summed E-state index contributed by atoms with van der Waals surface area (Å²) in [4.78, 5) is 11.4. The molecule has 1 aromatic heterocycles. The Hall–Kier alpha value is -0.800. The molecule has 1 heterocycles. The molecule has 4 heteroatoms. The van der Waals surface area contributed by atoms with Gasteiger partial charge in [0.05, 0.1) is 0 Å². The van der Waals surface area contributed by atoms with E-state index < -0.39 is 0 Å². The van der Waals surface area contributed by atoms with Crippen molar-refractivity contribution in [2.75, 3.05) is 13.7 Å². The van der Waals surface area contributed by atoms with Crippen LogP contribution in [0.25, 0.3) is 0 Å². The molecule has 0 aliphatic carbocycles. The van der Waals surface area contributed by atoms with E-state index in [-0.39, 0.29) is 5.56 Å². The third-order valence-corrected chi connectivity index (χ3v) is 2.56. The number of nitrogens with zero attached hydrogens (tertiary/aromatic N) is 1. The summed E-state index contributed by atoms with van der Waals surface area (Å²) >= 11 is 5.91. The van der Waals surface area contributed by atoms with E-state index in [4.69, 9.17) is 16.3 Å². The van der Waals surface area contributed by atoms with Gasteiger partial charge in [-0.05, 0) is 25.3 Å². The van der Waals surface area contributed by atoms with Crippen LogP contribution in [0.3, 0.4) is 0 Å². The summed E-state index contributed by atoms with van der Waals surface area (Å²) in [5, 5.41) is 0.509. The van der Waals surface area contributed by atoms with E-state index in [0.717, 1.165) is 25.9 Å². The summed E-state index contributed by atoms with van der Waals surface area (Å²) in [6.07, 6.45) is 3.02. The van der Waals surface area contributed by atoms with Gasteiger partial charge in [0, 0.05) is 26.3 Å². The van der Waals surface area contributed by atoms with Gasteiger partial charge in [-0.25, -0.2) is 0 Å². The first-order valence-electron chi connectivity index (χ1n) is 5.10. The molecule has 0 amide bonds. The zero-order chi connectivity index (χ0) is 11.1. The lowest BCUT2D eigenvalue weighted by molar-refractivity contribution is 0.191. The molecule has 15 heavy (non-hydrogen) atoms. The normalized spacial score (nSPS) is 10.5. The fraction of sp³-hybridized carbons (Fsp3) is 0.545. The van der Waals surface area contributed by atoms with E-state index in [9.17, 15) is 4.79 Å². The van der Waals surface area contributed by atoms with Crippen LogP contribution in [0, 0.1) is 0 Å². The average Bonchev–Trinajstić information content (AvgIpc) is 2.21. The number of rotatable bonds is 6. The van der Waals surface area contributed by atoms with Gasteiger partial charge in [-0.2, -0.15) is 0 Å². The largest absolute Gasteiger partial charge is 0.385 e. The fourth-order valence-corrected chi connectivity index (χ4v) is 1.65. The summed E-state index contributed by atoms with van der Waals surface area (Å²) in [6.45, 7) is 1.46. The summed E-state index contributed by atoms with van der Waals surface area (Å²) in [7, 11) is 1.69. The number of unbranched alkanes of at least 4 members (excludes halogenated alkanes) is 2. The van der Waals surface area contributed by atoms with E-state index in [1.54, 1.807) is 23.8 Å². The van der Waals surface area contributed by atoms with Gasteiger partial charge < -0.3 is 4.74 Å². The minimum atomic E-state index is -0.0331. The topological polar surface area (TPSA) is 31.2 Å². The van der Waals surface area contributed by atoms with Gasteiger partial charge >= 0.3 is 0 Å². The molecule has 0 unspecified atom stereocenters. The molecule has 0 saturated carbocycles. The van der Waals surface area contributed by atoms with Gasteiger partial charge in [0.25, 0.3) is 5.56 Å². The highest BCUT2D eigenvalue weighted by molar-refractivity contribution is 6.29. The Bertz CT molecular complexity index is 349. The molecular formula is C11H16ClNO2. The van der Waals surface area contributed by atoms with Gasteiger partial charge in [0.1, 0.15) is 5.15 Å². The molecule has 84 valence electrons. The van der Waals surface area contributed by atoms with E-state index in [2.05, 4.69) is 0 Å². The predicted molar refractivity (Wildman–Crippen MR) is 61.4 cm³/mol. The lowest BCUT2D eigenvalue weighted by atomic mass is 10.2. The SMILES string of the molecule is COCCCCCn1c(Cl)cccc1=O. The molecule has 0 aliphatic rings. The summed E-state index contributed by atoms with van der Waals surface area (Å²) < 4.78 is 6.54. The molecule has 0 spiro atoms. The molecule has 0 atom stereocenters. The maximum atomic E-state index is 11.4. The number of pyridine rings is 1. The fourth-order valence-electron chi connectivity index (χ4n) is 1.41. The van der Waals surface area contributed by atoms with E-state index >= 15 is 0 Å². The Kier molecular flexibility index (Phi) is 5.43. The third kappa shape index (κ3) is 4.06. The van der Waals surface area contributed by atoms with Crippen molar-refractivity contribution < 1.29 is 4.74 Å². The van der Waals surface area contributed by atoms with Crippen molar-refractivity contribution >= 4 is 11.6 Å². The standard InChI is InChI=1S/C11H16ClNO2/c1-15-9-4-2-3-8-13-10(12)6-5-7-11(13)14/h5-7H,2-4,8-9H2,1H3. The molecule has 0 aromatic carbocycles. The Balaban J connectivity index is 2.40. The lowest BCUT2D eigenvalue weighted by Crippen LogP contribution is -2.19. The zero-order valence-electron chi connectivity index (χ0n) is 8.91. The van der Waals surface area contributed by atoms with Gasteiger partial charge in [0.15, 0.2) is 0 Å². The van der Waals surface area contributed by atoms with Crippen LogP contribution in [-0.2, 0) is 11.3 Å². The lowest BCUT2D eigenvalue weighted by Gasteiger charge is -2.07. The van der Waals surface area contributed by atoms with Gasteiger partial charge in [0.2, 0.25) is 0 Å². The molecule has 0 bridgehead atoms. The second kappa shape index (κ2) is 6.64. The smallest absolute Gasteiger partial charge is 0.251 e. The van der Waals surface area contributed by atoms with Crippen LogP contribution in [-0.4, -0.2) is 18.3 Å². The number of aromatic nitrogens is 1. The molecule has 3 nitrogen and oxygen atoms in total. The van der Waals surface area contributed by atoms with Crippen LogP contribution < -0.4 is 5.56 Å². The van der Waals surface area contributed by atoms with Crippen molar-refractivity contribution in [3.63, 3.8) is 0 Å². The molecule has 1 aromatic rings. The molecule has 0 saturated heterocycles. The van der Waals surface area contributed by atoms with Gasteiger partial charge in [-0.3, -0.25) is 9.36 Å². The second-order valence-corrected chi connectivity index (χ2v) is 3.78. The Morgan fingerprint density at radius 3 is 2.80 bits per heavy atom. The van der Waals surface area contributed by atoms with Crippen LogP contribution in [0.4, 0.5) is 0 Å². The number of hydrogen-bond donors (Lipinski definition) is 0. The van der Waals surface area contributed by atoms with E-state index in [0.29, 0.717) is 11.7 Å². The second-order valence-electron chi connectivity index (χ2n) is 3.39. The third-order valence-electron chi connectivity index (χ3n) is 2.23. The molecular weight excluding hydrogens is 214 g/mol. The Morgan fingerprint density at radius 1 is 1.33 bits per heavy atom. The van der Waals surface area contributed by atoms with Crippen LogP contribution in [0.2, 0.25) is 5.15 Å². The number of methoxy groups -OCH3 is 1. The van der Waals surface area contributed by atoms with Gasteiger partial charge in [-0.1, -0.05) is 17.7 Å². The summed E-state index contributed by atoms with van der Waals surface area (Å²) in [5.41, 5.74) is -0.0331. The minimum Gasteiger partial charge on any atom is -0.385 e. The number of halogens is 1. The molecule has 0 radical (unpaired) electrons. The minimum absolute atomic E-state index is 0.0331. The van der Waals surface area contributed by atoms with Crippen molar-refractivity contribution in [3.05, 3.63) is 33.7 Å². The highest BCUT2D eigenvalue weighted by atomic mass is 35.5. The van der Waals surface area contributed by atoms with Crippen molar-refractivity contribution in [2.45, 2.75) is 25.8 Å². The summed E-state index contributed by atoms with van der Waals surface area (Å²) in [5.74, 6) is 0. The molecule has 0 fully saturated rings.